The molecule has 2 aliphatic heterocycles. The van der Waals surface area contributed by atoms with Gasteiger partial charge in [-0.3, -0.25) is 13.9 Å². The van der Waals surface area contributed by atoms with Crippen molar-refractivity contribution in [3.05, 3.63) is 68.4 Å². The van der Waals surface area contributed by atoms with E-state index in [0.29, 0.717) is 24.7 Å². The summed E-state index contributed by atoms with van der Waals surface area (Å²) in [5.41, 5.74) is 0.891. The molecule has 0 amide bonds. The average Bonchev–Trinajstić information content (AvgIpc) is 2.69. The number of hydrogen-bond donors (Lipinski definition) is 0. The van der Waals surface area contributed by atoms with Crippen LogP contribution < -0.4 is 20.7 Å². The smallest absolute Gasteiger partial charge is 0.333 e. The lowest BCUT2D eigenvalue weighted by molar-refractivity contribution is 0.117. The second-order valence-electron chi connectivity index (χ2n) is 6.98. The Balaban J connectivity index is 1.90. The van der Waals surface area contributed by atoms with Gasteiger partial charge in [-0.25, -0.2) is 4.79 Å². The number of ether oxygens (including phenoxy) is 2. The molecule has 2 aromatic carbocycles. The summed E-state index contributed by atoms with van der Waals surface area (Å²) >= 11 is 0. The van der Waals surface area contributed by atoms with Gasteiger partial charge < -0.3 is 9.47 Å². The van der Waals surface area contributed by atoms with Gasteiger partial charge in [0.05, 0.1) is 18.8 Å². The Kier molecular flexibility index (Phi) is 3.07. The van der Waals surface area contributed by atoms with E-state index < -0.39 is 0 Å². The van der Waals surface area contributed by atoms with Crippen LogP contribution in [0.2, 0.25) is 0 Å². The van der Waals surface area contributed by atoms with Crippen molar-refractivity contribution in [3.8, 4) is 11.6 Å². The van der Waals surface area contributed by atoms with Crippen LogP contribution in [-0.4, -0.2) is 22.3 Å². The van der Waals surface area contributed by atoms with E-state index in [1.807, 2.05) is 24.3 Å². The molecule has 0 fully saturated rings. The Hall–Kier alpha value is -3.02. The maximum Gasteiger partial charge on any atom is 0.333 e. The van der Waals surface area contributed by atoms with E-state index in [1.54, 1.807) is 7.05 Å². The van der Waals surface area contributed by atoms with Gasteiger partial charge in [-0.1, -0.05) is 30.3 Å². The predicted molar refractivity (Wildman–Crippen MR) is 97.2 cm³/mol. The average molecular weight is 350 g/mol. The van der Waals surface area contributed by atoms with Gasteiger partial charge >= 0.3 is 5.69 Å². The molecule has 132 valence electrons. The summed E-state index contributed by atoms with van der Waals surface area (Å²) in [5.74, 6) is 1.05. The van der Waals surface area contributed by atoms with Gasteiger partial charge in [0.2, 0.25) is 5.88 Å². The Bertz CT molecular complexity index is 1170. The van der Waals surface area contributed by atoms with E-state index in [2.05, 4.69) is 12.1 Å². The van der Waals surface area contributed by atoms with E-state index >= 15 is 0 Å². The molecule has 6 heteroatoms. The topological polar surface area (TPSA) is 62.5 Å². The van der Waals surface area contributed by atoms with Crippen molar-refractivity contribution < 1.29 is 9.47 Å². The van der Waals surface area contributed by atoms with Crippen molar-refractivity contribution in [1.29, 1.82) is 0 Å². The lowest BCUT2D eigenvalue weighted by atomic mass is 9.77. The fourth-order valence-corrected chi connectivity index (χ4v) is 4.25. The van der Waals surface area contributed by atoms with Gasteiger partial charge in [-0.05, 0) is 16.8 Å². The highest BCUT2D eigenvalue weighted by atomic mass is 16.5. The zero-order valence-corrected chi connectivity index (χ0v) is 14.6. The SMILES string of the molecule is Cn1c2c(c(=O)n(C)c1=O)[C@H]1c3c(ccc4ccccc34)OC[C@H]1CO2. The van der Waals surface area contributed by atoms with Gasteiger partial charge in [-0.2, -0.15) is 0 Å². The minimum Gasteiger partial charge on any atom is -0.493 e. The summed E-state index contributed by atoms with van der Waals surface area (Å²) in [6.45, 7) is 0.905. The van der Waals surface area contributed by atoms with Crippen LogP contribution >= 0.6 is 0 Å². The summed E-state index contributed by atoms with van der Waals surface area (Å²) in [6, 6.07) is 12.1. The molecule has 5 rings (SSSR count). The van der Waals surface area contributed by atoms with Gasteiger partial charge in [0.1, 0.15) is 5.75 Å². The molecule has 26 heavy (non-hydrogen) atoms. The fraction of sp³-hybridized carbons (Fsp3) is 0.300. The zero-order valence-electron chi connectivity index (χ0n) is 14.6. The number of benzene rings is 2. The van der Waals surface area contributed by atoms with E-state index in [1.165, 1.54) is 11.6 Å². The van der Waals surface area contributed by atoms with Crippen molar-refractivity contribution in [1.82, 2.24) is 9.13 Å². The molecule has 0 unspecified atom stereocenters. The quantitative estimate of drug-likeness (QED) is 0.620. The maximum atomic E-state index is 13.0. The Morgan fingerprint density at radius 2 is 1.69 bits per heavy atom. The van der Waals surface area contributed by atoms with E-state index in [4.69, 9.17) is 9.47 Å². The second-order valence-corrected chi connectivity index (χ2v) is 6.98. The summed E-state index contributed by atoms with van der Waals surface area (Å²) in [4.78, 5) is 25.3. The first-order chi connectivity index (χ1) is 12.6. The van der Waals surface area contributed by atoms with Gasteiger partial charge in [0.25, 0.3) is 5.56 Å². The first-order valence-corrected chi connectivity index (χ1v) is 8.65. The Labute approximate surface area is 149 Å². The number of nitrogens with zero attached hydrogens (tertiary/aromatic N) is 2. The molecule has 2 aliphatic rings. The molecule has 0 N–H and O–H groups in total. The number of hydrogen-bond acceptors (Lipinski definition) is 4. The summed E-state index contributed by atoms with van der Waals surface area (Å²) in [7, 11) is 3.15. The van der Waals surface area contributed by atoms with Crippen molar-refractivity contribution in [3.63, 3.8) is 0 Å². The van der Waals surface area contributed by atoms with Gasteiger partial charge in [0, 0.05) is 31.5 Å². The maximum absolute atomic E-state index is 13.0. The standard InChI is InChI=1S/C20H18N2O4/c1-21-18(23)17-15-12(10-26-19(17)22(2)20(21)24)9-25-14-8-7-11-5-3-4-6-13(11)16(14)15/h3-8,12,15H,9-10H2,1-2H3/t12-,15+/m0/s1. The van der Waals surface area contributed by atoms with Crippen LogP contribution in [-0.2, 0) is 14.1 Å². The molecule has 3 heterocycles. The van der Waals surface area contributed by atoms with Crippen LogP contribution in [0, 0.1) is 5.92 Å². The molecule has 0 saturated heterocycles. The van der Waals surface area contributed by atoms with Crippen molar-refractivity contribution in [2.45, 2.75) is 5.92 Å². The Morgan fingerprint density at radius 3 is 2.54 bits per heavy atom. The monoisotopic (exact) mass is 350 g/mol. The number of aromatic nitrogens is 2. The summed E-state index contributed by atoms with van der Waals surface area (Å²) < 4.78 is 14.4. The molecule has 0 saturated carbocycles. The molecule has 0 aliphatic carbocycles. The van der Waals surface area contributed by atoms with Crippen LogP contribution in [0.25, 0.3) is 10.8 Å². The zero-order chi connectivity index (χ0) is 18.0. The molecule has 0 spiro atoms. The second kappa shape index (κ2) is 5.24. The van der Waals surface area contributed by atoms with Crippen LogP contribution in [0.5, 0.6) is 11.6 Å². The Morgan fingerprint density at radius 1 is 0.923 bits per heavy atom. The molecule has 2 atom stereocenters. The number of fused-ring (bicyclic) bond motifs is 7. The lowest BCUT2D eigenvalue weighted by Gasteiger charge is -2.38. The van der Waals surface area contributed by atoms with Gasteiger partial charge in [-0.15, -0.1) is 0 Å². The van der Waals surface area contributed by atoms with Gasteiger partial charge in [0.15, 0.2) is 0 Å². The largest absolute Gasteiger partial charge is 0.493 e. The minimum atomic E-state index is -0.377. The van der Waals surface area contributed by atoms with Crippen molar-refractivity contribution in [2.24, 2.45) is 20.0 Å². The highest BCUT2D eigenvalue weighted by Gasteiger charge is 2.42. The third-order valence-electron chi connectivity index (χ3n) is 5.56. The van der Waals surface area contributed by atoms with Crippen LogP contribution in [0.3, 0.4) is 0 Å². The summed E-state index contributed by atoms with van der Waals surface area (Å²) in [6.07, 6.45) is 0. The molecule has 0 radical (unpaired) electrons. The first-order valence-electron chi connectivity index (χ1n) is 8.65. The van der Waals surface area contributed by atoms with Crippen LogP contribution in [0.1, 0.15) is 17.0 Å². The van der Waals surface area contributed by atoms with E-state index in [9.17, 15) is 9.59 Å². The molecular weight excluding hydrogens is 332 g/mol. The third-order valence-corrected chi connectivity index (χ3v) is 5.56. The first kappa shape index (κ1) is 15.3. The predicted octanol–water partition coefficient (Wildman–Crippen LogP) is 1.77. The molecular formula is C20H18N2O4. The number of rotatable bonds is 0. The summed E-state index contributed by atoms with van der Waals surface area (Å²) in [5, 5.41) is 2.17. The molecule has 0 bridgehead atoms. The normalized spacial score (nSPS) is 20.5. The molecule has 1 aromatic heterocycles. The molecule has 6 nitrogen and oxygen atoms in total. The van der Waals surface area contributed by atoms with Crippen molar-refractivity contribution in [2.75, 3.05) is 13.2 Å². The van der Waals surface area contributed by atoms with Crippen LogP contribution in [0.15, 0.2) is 46.0 Å². The third kappa shape index (κ3) is 1.87. The van der Waals surface area contributed by atoms with Crippen molar-refractivity contribution >= 4 is 10.8 Å². The fourth-order valence-electron chi connectivity index (χ4n) is 4.25. The van der Waals surface area contributed by atoms with E-state index in [-0.39, 0.29) is 23.1 Å². The highest BCUT2D eigenvalue weighted by Crippen LogP contribution is 2.48. The highest BCUT2D eigenvalue weighted by molar-refractivity contribution is 5.89. The molecule has 3 aromatic rings. The minimum absolute atomic E-state index is 0.0333. The lowest BCUT2D eigenvalue weighted by Crippen LogP contribution is -2.46. The van der Waals surface area contributed by atoms with E-state index in [0.717, 1.165) is 26.7 Å². The van der Waals surface area contributed by atoms with Crippen LogP contribution in [0.4, 0.5) is 0 Å².